The van der Waals surface area contributed by atoms with Gasteiger partial charge in [0.05, 0.1) is 25.2 Å². The normalized spacial score (nSPS) is 24.2. The lowest BCUT2D eigenvalue weighted by atomic mass is 9.84. The first kappa shape index (κ1) is 26.6. The molecular formula is C32H41N3O3. The van der Waals surface area contributed by atoms with Crippen molar-refractivity contribution in [2.45, 2.75) is 88.8 Å². The number of amides is 1. The van der Waals surface area contributed by atoms with Gasteiger partial charge in [-0.15, -0.1) is 0 Å². The minimum Gasteiger partial charge on any atom is -0.496 e. The lowest BCUT2D eigenvalue weighted by Gasteiger charge is -2.45. The van der Waals surface area contributed by atoms with E-state index in [0.717, 1.165) is 68.5 Å². The number of ether oxygens (including phenoxy) is 2. The van der Waals surface area contributed by atoms with E-state index in [9.17, 15) is 10.1 Å². The van der Waals surface area contributed by atoms with Gasteiger partial charge in [-0.1, -0.05) is 30.3 Å². The van der Waals surface area contributed by atoms with E-state index >= 15 is 0 Å². The summed E-state index contributed by atoms with van der Waals surface area (Å²) in [5.41, 5.74) is 4.18. The lowest BCUT2D eigenvalue weighted by Crippen LogP contribution is -2.53. The maximum Gasteiger partial charge on any atom is 0.410 e. The summed E-state index contributed by atoms with van der Waals surface area (Å²) in [6, 6.07) is 18.5. The van der Waals surface area contributed by atoms with Crippen LogP contribution in [0.1, 0.15) is 76.3 Å². The molecule has 0 aliphatic carbocycles. The van der Waals surface area contributed by atoms with E-state index < -0.39 is 5.41 Å². The van der Waals surface area contributed by atoms with Gasteiger partial charge in [0.15, 0.2) is 0 Å². The number of hydrogen-bond donors (Lipinski definition) is 0. The molecule has 38 heavy (non-hydrogen) atoms. The van der Waals surface area contributed by atoms with Gasteiger partial charge in [-0.2, -0.15) is 5.26 Å². The van der Waals surface area contributed by atoms with Crippen LogP contribution in [0.5, 0.6) is 5.75 Å². The zero-order chi connectivity index (χ0) is 26.9. The van der Waals surface area contributed by atoms with Crippen molar-refractivity contribution in [3.05, 3.63) is 53.6 Å². The lowest BCUT2D eigenvalue weighted by molar-refractivity contribution is 0.0340. The van der Waals surface area contributed by atoms with E-state index in [2.05, 4.69) is 53.4 Å². The summed E-state index contributed by atoms with van der Waals surface area (Å²) < 4.78 is 11.1. The Hall–Kier alpha value is -3.04. The number of nitrogens with zero attached hydrogens (tertiary/aromatic N) is 3. The van der Waals surface area contributed by atoms with Crippen molar-refractivity contribution in [2.75, 3.05) is 26.8 Å². The fourth-order valence-electron chi connectivity index (χ4n) is 6.90. The number of carbonyl (C=O) groups excluding carboxylic acids is 1. The molecule has 3 heterocycles. The zero-order valence-electron chi connectivity index (χ0n) is 23.3. The molecule has 0 N–H and O–H groups in total. The number of likely N-dealkylation sites (tertiary alicyclic amines) is 1. The van der Waals surface area contributed by atoms with Gasteiger partial charge in [0.1, 0.15) is 5.75 Å². The van der Waals surface area contributed by atoms with Crippen molar-refractivity contribution >= 4 is 6.09 Å². The first-order valence-corrected chi connectivity index (χ1v) is 14.2. The van der Waals surface area contributed by atoms with Crippen LogP contribution >= 0.6 is 0 Å². The van der Waals surface area contributed by atoms with E-state index in [1.807, 2.05) is 25.7 Å². The monoisotopic (exact) mass is 515 g/mol. The Kier molecular flexibility index (Phi) is 7.68. The van der Waals surface area contributed by atoms with Crippen LogP contribution in [0.4, 0.5) is 4.79 Å². The van der Waals surface area contributed by atoms with Gasteiger partial charge in [0.2, 0.25) is 0 Å². The molecule has 2 aromatic rings. The Morgan fingerprint density at radius 2 is 1.61 bits per heavy atom. The summed E-state index contributed by atoms with van der Waals surface area (Å²) in [7, 11) is 1.76. The summed E-state index contributed by atoms with van der Waals surface area (Å²) in [6.07, 6.45) is 6.46. The Morgan fingerprint density at radius 1 is 0.974 bits per heavy atom. The van der Waals surface area contributed by atoms with Crippen LogP contribution in [0.25, 0.3) is 11.1 Å². The van der Waals surface area contributed by atoms with Crippen molar-refractivity contribution in [3.63, 3.8) is 0 Å². The van der Waals surface area contributed by atoms with Crippen molar-refractivity contribution in [3.8, 4) is 22.9 Å². The van der Waals surface area contributed by atoms with Gasteiger partial charge in [0.25, 0.3) is 0 Å². The first-order valence-electron chi connectivity index (χ1n) is 14.2. The summed E-state index contributed by atoms with van der Waals surface area (Å²) >= 11 is 0. The summed E-state index contributed by atoms with van der Waals surface area (Å²) in [4.78, 5) is 17.2. The molecule has 0 saturated carbocycles. The minimum absolute atomic E-state index is 0.118. The van der Waals surface area contributed by atoms with Gasteiger partial charge >= 0.3 is 6.09 Å². The molecule has 1 amide bonds. The Balaban J connectivity index is 1.25. The molecule has 6 heteroatoms. The zero-order valence-corrected chi connectivity index (χ0v) is 23.3. The fraction of sp³-hybridized carbons (Fsp3) is 0.562. The summed E-state index contributed by atoms with van der Waals surface area (Å²) in [5, 5.41) is 9.47. The molecule has 3 aliphatic heterocycles. The van der Waals surface area contributed by atoms with Crippen LogP contribution in [-0.4, -0.2) is 60.8 Å². The maximum atomic E-state index is 12.5. The van der Waals surface area contributed by atoms with Crippen molar-refractivity contribution in [1.82, 2.24) is 9.80 Å². The highest BCUT2D eigenvalue weighted by Crippen LogP contribution is 2.42. The number of hydrogen-bond acceptors (Lipinski definition) is 5. The molecule has 0 radical (unpaired) electrons. The third-order valence-electron chi connectivity index (χ3n) is 9.12. The molecule has 2 unspecified atom stereocenters. The fourth-order valence-corrected chi connectivity index (χ4v) is 6.90. The number of rotatable bonds is 6. The predicted octanol–water partition coefficient (Wildman–Crippen LogP) is 6.49. The van der Waals surface area contributed by atoms with Crippen molar-refractivity contribution in [1.29, 1.82) is 5.26 Å². The third-order valence-corrected chi connectivity index (χ3v) is 9.12. The molecular weight excluding hydrogens is 474 g/mol. The van der Waals surface area contributed by atoms with Gasteiger partial charge in [-0.25, -0.2) is 4.79 Å². The second-order valence-electron chi connectivity index (χ2n) is 11.7. The Bertz CT molecular complexity index is 1160. The number of methoxy groups -OCH3 is 1. The number of carbonyl (C=O) groups is 1. The van der Waals surface area contributed by atoms with E-state index in [4.69, 9.17) is 9.47 Å². The topological polar surface area (TPSA) is 65.8 Å². The summed E-state index contributed by atoms with van der Waals surface area (Å²) in [6.45, 7) is 8.40. The van der Waals surface area contributed by atoms with Crippen molar-refractivity contribution in [2.24, 2.45) is 0 Å². The Labute approximate surface area is 227 Å². The Morgan fingerprint density at radius 3 is 2.18 bits per heavy atom. The van der Waals surface area contributed by atoms with Gasteiger partial charge in [-0.05, 0) is 113 Å². The van der Waals surface area contributed by atoms with Gasteiger partial charge in [-0.3, -0.25) is 0 Å². The van der Waals surface area contributed by atoms with Gasteiger partial charge < -0.3 is 19.3 Å². The quantitative estimate of drug-likeness (QED) is 0.440. The largest absolute Gasteiger partial charge is 0.496 e. The van der Waals surface area contributed by atoms with E-state index in [0.29, 0.717) is 30.7 Å². The molecule has 2 bridgehead atoms. The summed E-state index contributed by atoms with van der Waals surface area (Å²) in [5.74, 6) is 1.43. The van der Waals surface area contributed by atoms with Crippen LogP contribution in [0.3, 0.4) is 0 Å². The minimum atomic E-state index is -0.494. The highest BCUT2D eigenvalue weighted by molar-refractivity contribution is 5.69. The average Bonchev–Trinajstić information content (AvgIpc) is 3.22. The second-order valence-corrected chi connectivity index (χ2v) is 11.7. The molecule has 6 nitrogen and oxygen atoms in total. The highest BCUT2D eigenvalue weighted by atomic mass is 16.6. The van der Waals surface area contributed by atoms with Crippen LogP contribution < -0.4 is 4.74 Å². The van der Waals surface area contributed by atoms with E-state index in [1.54, 1.807) is 7.11 Å². The number of benzene rings is 2. The van der Waals surface area contributed by atoms with Crippen LogP contribution in [0.15, 0.2) is 42.5 Å². The molecule has 5 rings (SSSR count). The number of piperidine rings is 2. The molecule has 2 atom stereocenters. The first-order chi connectivity index (χ1) is 18.3. The number of nitriles is 1. The van der Waals surface area contributed by atoms with Crippen LogP contribution in [0.2, 0.25) is 0 Å². The second kappa shape index (κ2) is 11.0. The maximum absolute atomic E-state index is 12.5. The smallest absolute Gasteiger partial charge is 0.410 e. The van der Waals surface area contributed by atoms with Gasteiger partial charge in [0, 0.05) is 18.1 Å². The highest BCUT2D eigenvalue weighted by Gasteiger charge is 2.45. The molecule has 2 aromatic carbocycles. The van der Waals surface area contributed by atoms with E-state index in [1.165, 1.54) is 11.1 Å². The molecule has 3 fully saturated rings. The molecule has 3 saturated heterocycles. The predicted molar refractivity (Wildman–Crippen MR) is 149 cm³/mol. The average molecular weight is 516 g/mol. The third kappa shape index (κ3) is 5.14. The standard InChI is InChI=1S/C32H41N3O3/c1-5-38-31(36)35-26-11-12-27(35)20-28(19-26)34-16-14-23(15-17-34)29-18-24(8-13-30(29)37-4)22-6-9-25(10-7-22)32(2,3)21-33/h6-10,13,18,23,26-28H,5,11-12,14-17,19-20H2,1-4H3. The van der Waals surface area contributed by atoms with Crippen molar-refractivity contribution < 1.29 is 14.3 Å². The van der Waals surface area contributed by atoms with Crippen LogP contribution in [-0.2, 0) is 10.2 Å². The molecule has 3 aliphatic rings. The molecule has 0 spiro atoms. The SMILES string of the molecule is CCOC(=O)N1C2CCC1CC(N1CCC(c3cc(-c4ccc(C(C)(C)C#N)cc4)ccc3OC)CC1)C2. The van der Waals surface area contributed by atoms with Crippen LogP contribution in [0, 0.1) is 11.3 Å². The molecule has 202 valence electrons. The van der Waals surface area contributed by atoms with E-state index in [-0.39, 0.29) is 6.09 Å². The molecule has 0 aromatic heterocycles. The number of fused-ring (bicyclic) bond motifs is 2.